The van der Waals surface area contributed by atoms with Crippen LogP contribution in [0.25, 0.3) is 5.03 Å². The summed E-state index contributed by atoms with van der Waals surface area (Å²) < 4.78 is 28.9. The minimum Gasteiger partial charge on any atom is -0.321 e. The molecule has 1 saturated heterocycles. The molecule has 0 radical (unpaired) electrons. The first-order valence-electron chi connectivity index (χ1n) is 9.92. The molecule has 0 spiro atoms. The van der Waals surface area contributed by atoms with Crippen LogP contribution in [0.4, 0.5) is 0 Å². The molecule has 0 amide bonds. The molecule has 1 fully saturated rings. The van der Waals surface area contributed by atoms with E-state index in [-0.39, 0.29) is 14.4 Å². The zero-order valence-electron chi connectivity index (χ0n) is 16.6. The molecule has 0 N–H and O–H groups in total. The summed E-state index contributed by atoms with van der Waals surface area (Å²) in [6.07, 6.45) is 4.70. The third kappa shape index (κ3) is 5.87. The topological polar surface area (TPSA) is 37.4 Å². The van der Waals surface area contributed by atoms with Crippen molar-refractivity contribution in [2.75, 3.05) is 39.3 Å². The molecule has 1 aliphatic heterocycles. The van der Waals surface area contributed by atoms with Crippen LogP contribution in [0.2, 0.25) is 0 Å². The first-order valence-corrected chi connectivity index (χ1v) is 12.5. The Labute approximate surface area is 184 Å². The van der Waals surface area contributed by atoms with E-state index in [4.69, 9.17) is 34.8 Å². The summed E-state index contributed by atoms with van der Waals surface area (Å²) in [5.41, 5.74) is 0.496. The zero-order valence-corrected chi connectivity index (χ0v) is 19.7. The van der Waals surface area contributed by atoms with E-state index in [0.29, 0.717) is 18.7 Å². The second kappa shape index (κ2) is 10.6. The van der Waals surface area contributed by atoms with Crippen molar-refractivity contribution in [3.63, 3.8) is 0 Å². The van der Waals surface area contributed by atoms with Gasteiger partial charge >= 0.3 is 0 Å². The summed E-state index contributed by atoms with van der Waals surface area (Å²) in [6, 6.07) is 6.48. The first-order chi connectivity index (χ1) is 13.3. The van der Waals surface area contributed by atoms with Crippen LogP contribution in [0.5, 0.6) is 0 Å². The van der Waals surface area contributed by atoms with Crippen molar-refractivity contribution in [2.45, 2.75) is 44.4 Å². The molecule has 0 aliphatic carbocycles. The number of sulfonamides is 1. The summed E-state index contributed by atoms with van der Waals surface area (Å²) in [5, 5.41) is 0.147. The molecule has 0 unspecified atom stereocenters. The summed E-state index contributed by atoms with van der Waals surface area (Å²) in [7, 11) is -3.58. The number of piperazine rings is 1. The molecule has 1 aromatic carbocycles. The van der Waals surface area contributed by atoms with Crippen LogP contribution >= 0.6 is 34.8 Å². The number of halogens is 3. The van der Waals surface area contributed by atoms with Gasteiger partial charge < -0.3 is 4.48 Å². The van der Waals surface area contributed by atoms with Gasteiger partial charge in [-0.05, 0) is 30.5 Å². The minimum absolute atomic E-state index is 0.0804. The van der Waals surface area contributed by atoms with Gasteiger partial charge in [-0.15, -0.1) is 0 Å². The van der Waals surface area contributed by atoms with E-state index in [1.807, 2.05) is 0 Å². The molecule has 4 nitrogen and oxygen atoms in total. The van der Waals surface area contributed by atoms with Crippen molar-refractivity contribution in [1.29, 1.82) is 0 Å². The Balaban J connectivity index is 2.18. The molecular formula is C20H30Cl3N2O2S+. The molecule has 8 heteroatoms. The second-order valence-electron chi connectivity index (χ2n) is 7.45. The Hall–Kier alpha value is -0.300. The molecule has 1 aliphatic rings. The molecule has 28 heavy (non-hydrogen) atoms. The normalized spacial score (nSPS) is 17.5. The average molecular weight is 469 g/mol. The highest BCUT2D eigenvalue weighted by Gasteiger charge is 2.37. The number of benzene rings is 1. The second-order valence-corrected chi connectivity index (χ2v) is 10.7. The van der Waals surface area contributed by atoms with E-state index >= 15 is 0 Å². The van der Waals surface area contributed by atoms with Gasteiger partial charge in [-0.2, -0.15) is 4.31 Å². The molecule has 1 heterocycles. The fourth-order valence-electron chi connectivity index (χ4n) is 3.71. The van der Waals surface area contributed by atoms with Crippen LogP contribution in [-0.4, -0.2) is 56.5 Å². The van der Waals surface area contributed by atoms with Gasteiger partial charge in [0.15, 0.2) is 0 Å². The van der Waals surface area contributed by atoms with Crippen LogP contribution in [0.3, 0.4) is 0 Å². The lowest BCUT2D eigenvalue weighted by atomic mass is 10.1. The lowest BCUT2D eigenvalue weighted by Gasteiger charge is -2.44. The first kappa shape index (κ1) is 24.0. The number of quaternary nitrogens is 1. The van der Waals surface area contributed by atoms with Gasteiger partial charge in [0.25, 0.3) is 0 Å². The number of unbranched alkanes of at least 4 members (excludes halogenated alkanes) is 2. The summed E-state index contributed by atoms with van der Waals surface area (Å²) in [6.45, 7) is 9.50. The maximum Gasteiger partial charge on any atom is 0.243 e. The van der Waals surface area contributed by atoms with Gasteiger partial charge in [-0.1, -0.05) is 73.6 Å². The molecule has 0 atom stereocenters. The Morgan fingerprint density at radius 2 is 1.61 bits per heavy atom. The standard InChI is InChI=1S/C20H30Cl3N2O2S/c1-3-5-12-25(13-6-4-2)14-10-24(11-15-25)28(26,27)18-9-7-8-17(16-18)19(21)20(22)23/h7-9,16H,3-6,10-15H2,1-2H3/q+1. The van der Waals surface area contributed by atoms with Crippen LogP contribution in [0.1, 0.15) is 45.1 Å². The van der Waals surface area contributed by atoms with Crippen molar-refractivity contribution >= 4 is 49.9 Å². The lowest BCUT2D eigenvalue weighted by molar-refractivity contribution is -0.931. The monoisotopic (exact) mass is 467 g/mol. The Morgan fingerprint density at radius 1 is 1.04 bits per heavy atom. The summed E-state index contributed by atoms with van der Waals surface area (Å²) in [5.74, 6) is 0. The third-order valence-electron chi connectivity index (χ3n) is 5.51. The molecule has 158 valence electrons. The molecule has 0 bridgehead atoms. The van der Waals surface area contributed by atoms with Gasteiger partial charge in [0.2, 0.25) is 10.0 Å². The van der Waals surface area contributed by atoms with Crippen molar-refractivity contribution in [3.05, 3.63) is 34.3 Å². The number of rotatable bonds is 9. The van der Waals surface area contributed by atoms with Crippen molar-refractivity contribution in [1.82, 2.24) is 4.31 Å². The largest absolute Gasteiger partial charge is 0.321 e. The molecule has 2 rings (SSSR count). The van der Waals surface area contributed by atoms with Crippen LogP contribution in [0, 0.1) is 0 Å². The fraction of sp³-hybridized carbons (Fsp3) is 0.600. The molecule has 0 aromatic heterocycles. The predicted octanol–water partition coefficient (Wildman–Crippen LogP) is 5.45. The maximum atomic E-state index is 13.2. The SMILES string of the molecule is CCCC[N+]1(CCCC)CCN(S(=O)(=O)c2cccc(C(Cl)=C(Cl)Cl)c2)CC1. The van der Waals surface area contributed by atoms with Gasteiger partial charge in [-0.3, -0.25) is 0 Å². The molecular weight excluding hydrogens is 439 g/mol. The van der Waals surface area contributed by atoms with Gasteiger partial charge in [0, 0.05) is 0 Å². The van der Waals surface area contributed by atoms with Gasteiger partial charge in [0.1, 0.15) is 4.49 Å². The lowest BCUT2D eigenvalue weighted by Crippen LogP contribution is -2.61. The molecule has 1 aromatic rings. The van der Waals surface area contributed by atoms with Crippen molar-refractivity contribution in [3.8, 4) is 0 Å². The maximum absolute atomic E-state index is 13.2. The third-order valence-corrected chi connectivity index (χ3v) is 8.38. The Kier molecular flexibility index (Phi) is 9.12. The van der Waals surface area contributed by atoms with Crippen molar-refractivity contribution in [2.24, 2.45) is 0 Å². The van der Waals surface area contributed by atoms with E-state index < -0.39 is 10.0 Å². The van der Waals surface area contributed by atoms with E-state index in [9.17, 15) is 8.42 Å². The zero-order chi connectivity index (χ0) is 20.8. The van der Waals surface area contributed by atoms with Gasteiger partial charge in [-0.25, -0.2) is 8.42 Å². The van der Waals surface area contributed by atoms with Crippen LogP contribution in [-0.2, 0) is 10.0 Å². The van der Waals surface area contributed by atoms with Crippen LogP contribution < -0.4 is 0 Å². The van der Waals surface area contributed by atoms with E-state index in [1.165, 1.54) is 31.7 Å². The number of nitrogens with zero attached hydrogens (tertiary/aromatic N) is 2. The van der Waals surface area contributed by atoms with Crippen molar-refractivity contribution < 1.29 is 12.9 Å². The smallest absolute Gasteiger partial charge is 0.243 e. The highest BCUT2D eigenvalue weighted by Crippen LogP contribution is 2.30. The Morgan fingerprint density at radius 3 is 2.11 bits per heavy atom. The van der Waals surface area contributed by atoms with E-state index in [2.05, 4.69) is 13.8 Å². The summed E-state index contributed by atoms with van der Waals surface area (Å²) in [4.78, 5) is 0.222. The quantitative estimate of drug-likeness (QED) is 0.452. The fourth-order valence-corrected chi connectivity index (χ4v) is 5.51. The minimum atomic E-state index is -3.58. The van der Waals surface area contributed by atoms with Gasteiger partial charge in [0.05, 0.1) is 49.2 Å². The van der Waals surface area contributed by atoms with Crippen LogP contribution in [0.15, 0.2) is 33.7 Å². The van der Waals surface area contributed by atoms with E-state index in [1.54, 1.807) is 22.5 Å². The number of hydrogen-bond acceptors (Lipinski definition) is 2. The molecule has 0 saturated carbocycles. The predicted molar refractivity (Wildman–Crippen MR) is 119 cm³/mol. The average Bonchev–Trinajstić information content (AvgIpc) is 2.70. The van der Waals surface area contributed by atoms with E-state index in [0.717, 1.165) is 30.7 Å². The Bertz CT molecular complexity index is 774. The highest BCUT2D eigenvalue weighted by molar-refractivity contribution is 7.89. The highest BCUT2D eigenvalue weighted by atomic mass is 35.5. The summed E-state index contributed by atoms with van der Waals surface area (Å²) >= 11 is 17.6. The number of hydrogen-bond donors (Lipinski definition) is 0.